The smallest absolute Gasteiger partial charge is 0.267 e. The molecule has 1 aliphatic heterocycles. The van der Waals surface area contributed by atoms with Crippen LogP contribution < -0.4 is 5.32 Å². The van der Waals surface area contributed by atoms with Gasteiger partial charge in [0, 0.05) is 45.4 Å². The van der Waals surface area contributed by atoms with Crippen molar-refractivity contribution in [3.05, 3.63) is 24.5 Å². The monoisotopic (exact) mass is 248 g/mol. The average molecular weight is 248 g/mol. The number of nitrogens with one attached hydrogen (secondary N) is 1. The number of rotatable bonds is 4. The average Bonchev–Trinajstić information content (AvgIpc) is 2.85. The van der Waals surface area contributed by atoms with Gasteiger partial charge >= 0.3 is 0 Å². The molecule has 0 bridgehead atoms. The topological polar surface area (TPSA) is 66.7 Å². The summed E-state index contributed by atoms with van der Waals surface area (Å²) in [7, 11) is 1.56. The van der Waals surface area contributed by atoms with Crippen LogP contribution in [0.15, 0.2) is 29.6 Å². The lowest BCUT2D eigenvalue weighted by molar-refractivity contribution is -0.130. The molecule has 2 heterocycles. The molecule has 2 amide bonds. The molecule has 0 radical (unpaired) electrons. The van der Waals surface area contributed by atoms with E-state index in [1.807, 2.05) is 29.1 Å². The standard InChI is InChI=1S/C12H16N4O2/c1-15-11(17)5-4-10(14-15)12(18)13-6-9-16-7-2-3-8-16/h2-3,7-8H,4-6,9H2,1H3,(H,13,18). The Kier molecular flexibility index (Phi) is 3.76. The molecule has 0 saturated heterocycles. The van der Waals surface area contributed by atoms with Gasteiger partial charge in [-0.25, -0.2) is 5.01 Å². The van der Waals surface area contributed by atoms with Gasteiger partial charge in [0.15, 0.2) is 0 Å². The molecular weight excluding hydrogens is 232 g/mol. The van der Waals surface area contributed by atoms with Crippen molar-refractivity contribution in [2.75, 3.05) is 13.6 Å². The van der Waals surface area contributed by atoms with Crippen molar-refractivity contribution in [3.63, 3.8) is 0 Å². The molecule has 0 aliphatic carbocycles. The van der Waals surface area contributed by atoms with Gasteiger partial charge in [-0.3, -0.25) is 9.59 Å². The molecule has 6 heteroatoms. The van der Waals surface area contributed by atoms with E-state index in [0.29, 0.717) is 25.1 Å². The van der Waals surface area contributed by atoms with Crippen molar-refractivity contribution in [1.82, 2.24) is 14.9 Å². The zero-order valence-corrected chi connectivity index (χ0v) is 10.3. The van der Waals surface area contributed by atoms with Crippen molar-refractivity contribution in [3.8, 4) is 0 Å². The number of amides is 2. The lowest BCUT2D eigenvalue weighted by Gasteiger charge is -2.18. The van der Waals surface area contributed by atoms with E-state index in [-0.39, 0.29) is 11.8 Å². The summed E-state index contributed by atoms with van der Waals surface area (Å²) in [5, 5.41) is 7.98. The molecule has 0 unspecified atom stereocenters. The Morgan fingerprint density at radius 3 is 2.78 bits per heavy atom. The number of hydrazone groups is 1. The zero-order chi connectivity index (χ0) is 13.0. The van der Waals surface area contributed by atoms with Crippen LogP contribution >= 0.6 is 0 Å². The van der Waals surface area contributed by atoms with Gasteiger partial charge in [-0.15, -0.1) is 0 Å². The third-order valence-corrected chi connectivity index (χ3v) is 2.79. The van der Waals surface area contributed by atoms with Crippen molar-refractivity contribution in [2.45, 2.75) is 19.4 Å². The first-order valence-corrected chi connectivity index (χ1v) is 5.90. The maximum Gasteiger partial charge on any atom is 0.267 e. The van der Waals surface area contributed by atoms with Crippen LogP contribution in [0.1, 0.15) is 12.8 Å². The molecule has 0 atom stereocenters. The van der Waals surface area contributed by atoms with E-state index in [1.54, 1.807) is 7.05 Å². The minimum atomic E-state index is -0.193. The summed E-state index contributed by atoms with van der Waals surface area (Å²) in [5.41, 5.74) is 0.421. The summed E-state index contributed by atoms with van der Waals surface area (Å²) >= 11 is 0. The summed E-state index contributed by atoms with van der Waals surface area (Å²) in [6.07, 6.45) is 4.65. The lowest BCUT2D eigenvalue weighted by Crippen LogP contribution is -2.38. The van der Waals surface area contributed by atoms with Crippen LogP contribution in [-0.4, -0.2) is 40.7 Å². The van der Waals surface area contributed by atoms with Crippen LogP contribution in [0.3, 0.4) is 0 Å². The summed E-state index contributed by atoms with van der Waals surface area (Å²) in [6, 6.07) is 3.88. The van der Waals surface area contributed by atoms with Crippen molar-refractivity contribution in [2.24, 2.45) is 5.10 Å². The first-order chi connectivity index (χ1) is 8.66. The number of carbonyl (C=O) groups excluding carboxylic acids is 2. The molecule has 0 saturated carbocycles. The zero-order valence-electron chi connectivity index (χ0n) is 10.3. The van der Waals surface area contributed by atoms with Crippen molar-refractivity contribution in [1.29, 1.82) is 0 Å². The van der Waals surface area contributed by atoms with E-state index in [1.165, 1.54) is 5.01 Å². The highest BCUT2D eigenvalue weighted by Crippen LogP contribution is 2.06. The predicted molar refractivity (Wildman–Crippen MR) is 66.9 cm³/mol. The highest BCUT2D eigenvalue weighted by molar-refractivity contribution is 6.39. The van der Waals surface area contributed by atoms with Gasteiger partial charge < -0.3 is 9.88 Å². The Balaban J connectivity index is 1.81. The molecule has 0 aromatic carbocycles. The van der Waals surface area contributed by atoms with E-state index < -0.39 is 0 Å². The Hall–Kier alpha value is -2.11. The van der Waals surface area contributed by atoms with Crippen LogP contribution in [-0.2, 0) is 16.1 Å². The van der Waals surface area contributed by atoms with Crippen LogP contribution in [0.4, 0.5) is 0 Å². The fourth-order valence-corrected chi connectivity index (χ4v) is 1.75. The first-order valence-electron chi connectivity index (χ1n) is 5.90. The third-order valence-electron chi connectivity index (χ3n) is 2.79. The summed E-state index contributed by atoms with van der Waals surface area (Å²) in [5.74, 6) is -0.250. The first kappa shape index (κ1) is 12.3. The minimum Gasteiger partial charge on any atom is -0.353 e. The van der Waals surface area contributed by atoms with Crippen molar-refractivity contribution >= 4 is 17.5 Å². The lowest BCUT2D eigenvalue weighted by atomic mass is 10.1. The molecule has 1 aromatic rings. The molecule has 18 heavy (non-hydrogen) atoms. The van der Waals surface area contributed by atoms with E-state index >= 15 is 0 Å². The number of nitrogens with zero attached hydrogens (tertiary/aromatic N) is 3. The van der Waals surface area contributed by atoms with Gasteiger partial charge in [-0.05, 0) is 12.1 Å². The summed E-state index contributed by atoms with van der Waals surface area (Å²) < 4.78 is 1.98. The fourth-order valence-electron chi connectivity index (χ4n) is 1.75. The molecule has 2 rings (SSSR count). The highest BCUT2D eigenvalue weighted by atomic mass is 16.2. The highest BCUT2D eigenvalue weighted by Gasteiger charge is 2.21. The summed E-state index contributed by atoms with van der Waals surface area (Å²) in [6.45, 7) is 1.27. The Morgan fingerprint density at radius 1 is 1.39 bits per heavy atom. The predicted octanol–water partition coefficient (Wildman–Crippen LogP) is 0.212. The van der Waals surface area contributed by atoms with Gasteiger partial charge in [0.25, 0.3) is 5.91 Å². The Morgan fingerprint density at radius 2 is 2.11 bits per heavy atom. The molecule has 0 fully saturated rings. The largest absolute Gasteiger partial charge is 0.353 e. The quantitative estimate of drug-likeness (QED) is 0.828. The maximum atomic E-state index is 11.8. The number of aromatic nitrogens is 1. The van der Waals surface area contributed by atoms with E-state index in [9.17, 15) is 9.59 Å². The number of hydrogen-bond donors (Lipinski definition) is 1. The molecule has 6 nitrogen and oxygen atoms in total. The number of carbonyl (C=O) groups is 2. The molecule has 96 valence electrons. The van der Waals surface area contributed by atoms with Crippen LogP contribution in [0.25, 0.3) is 0 Å². The van der Waals surface area contributed by atoms with Crippen LogP contribution in [0, 0.1) is 0 Å². The van der Waals surface area contributed by atoms with Gasteiger partial charge in [-0.1, -0.05) is 0 Å². The van der Waals surface area contributed by atoms with Gasteiger partial charge in [0.2, 0.25) is 5.91 Å². The van der Waals surface area contributed by atoms with E-state index in [0.717, 1.165) is 6.54 Å². The second-order valence-electron chi connectivity index (χ2n) is 4.14. The molecule has 1 aromatic heterocycles. The normalized spacial score (nSPS) is 15.5. The molecule has 1 aliphatic rings. The SMILES string of the molecule is CN1N=C(C(=O)NCCn2cccc2)CCC1=O. The fraction of sp³-hybridized carbons (Fsp3) is 0.417. The van der Waals surface area contributed by atoms with Gasteiger partial charge in [0.05, 0.1) is 0 Å². The third kappa shape index (κ3) is 2.97. The summed E-state index contributed by atoms with van der Waals surface area (Å²) in [4.78, 5) is 23.0. The Bertz CT molecular complexity index is 464. The number of hydrogen-bond acceptors (Lipinski definition) is 3. The maximum absolute atomic E-state index is 11.8. The Labute approximate surface area is 105 Å². The molecule has 0 spiro atoms. The molecular formula is C12H16N4O2. The van der Waals surface area contributed by atoms with Crippen LogP contribution in [0.2, 0.25) is 0 Å². The van der Waals surface area contributed by atoms with Gasteiger partial charge in [-0.2, -0.15) is 5.10 Å². The van der Waals surface area contributed by atoms with Crippen LogP contribution in [0.5, 0.6) is 0 Å². The van der Waals surface area contributed by atoms with E-state index in [2.05, 4.69) is 10.4 Å². The molecule has 1 N–H and O–H groups in total. The van der Waals surface area contributed by atoms with Gasteiger partial charge in [0.1, 0.15) is 5.71 Å². The second-order valence-corrected chi connectivity index (χ2v) is 4.14. The van der Waals surface area contributed by atoms with Crippen molar-refractivity contribution < 1.29 is 9.59 Å². The minimum absolute atomic E-state index is 0.0566. The van der Waals surface area contributed by atoms with E-state index in [4.69, 9.17) is 0 Å². The second kappa shape index (κ2) is 5.48.